The summed E-state index contributed by atoms with van der Waals surface area (Å²) in [4.78, 5) is 4.64. The van der Waals surface area contributed by atoms with Gasteiger partial charge in [0.1, 0.15) is 11.3 Å². The van der Waals surface area contributed by atoms with Gasteiger partial charge in [-0.15, -0.1) is 0 Å². The summed E-state index contributed by atoms with van der Waals surface area (Å²) in [5.74, 6) is 1.57. The van der Waals surface area contributed by atoms with Crippen molar-refractivity contribution in [3.8, 4) is 11.5 Å². The first-order valence-corrected chi connectivity index (χ1v) is 6.60. The van der Waals surface area contributed by atoms with Gasteiger partial charge in [0, 0.05) is 17.6 Å². The van der Waals surface area contributed by atoms with Crippen LogP contribution in [0.15, 0.2) is 54.6 Å². The molecule has 0 aliphatic heterocycles. The quantitative estimate of drug-likeness (QED) is 0.782. The Hall–Kier alpha value is -2.39. The Kier molecular flexibility index (Phi) is 3.35. The Morgan fingerprint density at radius 2 is 1.85 bits per heavy atom. The smallest absolute Gasteiger partial charge is 0.153 e. The molecule has 0 aliphatic rings. The number of fused-ring (bicyclic) bond motifs is 1. The zero-order valence-electron chi connectivity index (χ0n) is 11.3. The van der Waals surface area contributed by atoms with Crippen LogP contribution in [0.2, 0.25) is 0 Å². The lowest BCUT2D eigenvalue weighted by atomic mass is 10.1. The summed E-state index contributed by atoms with van der Waals surface area (Å²) in [5, 5.41) is 1.05. The van der Waals surface area contributed by atoms with Crippen molar-refractivity contribution in [2.75, 3.05) is 0 Å². The summed E-state index contributed by atoms with van der Waals surface area (Å²) < 4.78 is 5.93. The largest absolute Gasteiger partial charge is 0.455 e. The number of nitrogens with two attached hydrogens (primary N) is 1. The lowest BCUT2D eigenvalue weighted by molar-refractivity contribution is 0.487. The molecule has 20 heavy (non-hydrogen) atoms. The topological polar surface area (TPSA) is 48.1 Å². The van der Waals surface area contributed by atoms with Crippen LogP contribution >= 0.6 is 0 Å². The van der Waals surface area contributed by atoms with Gasteiger partial charge >= 0.3 is 0 Å². The van der Waals surface area contributed by atoms with Gasteiger partial charge in [0.15, 0.2) is 5.75 Å². The molecule has 3 heteroatoms. The highest BCUT2D eigenvalue weighted by Gasteiger charge is 2.07. The first-order valence-electron chi connectivity index (χ1n) is 6.60. The van der Waals surface area contributed by atoms with Crippen LogP contribution in [0.5, 0.6) is 11.5 Å². The Morgan fingerprint density at radius 3 is 2.60 bits per heavy atom. The number of ether oxygens (including phenoxy) is 1. The van der Waals surface area contributed by atoms with E-state index in [1.165, 1.54) is 0 Å². The highest BCUT2D eigenvalue weighted by molar-refractivity contribution is 5.85. The Morgan fingerprint density at radius 1 is 1.05 bits per heavy atom. The Bertz CT molecular complexity index is 739. The van der Waals surface area contributed by atoms with Crippen LogP contribution in [0.3, 0.4) is 0 Å². The van der Waals surface area contributed by atoms with Gasteiger partial charge in [0.05, 0.1) is 0 Å². The molecule has 0 bridgehead atoms. The number of hydrogen-bond donors (Lipinski definition) is 1. The van der Waals surface area contributed by atoms with Crippen molar-refractivity contribution in [3.63, 3.8) is 0 Å². The van der Waals surface area contributed by atoms with Crippen LogP contribution in [-0.2, 0) is 6.54 Å². The van der Waals surface area contributed by atoms with Crippen molar-refractivity contribution in [1.82, 2.24) is 4.98 Å². The molecule has 3 rings (SSSR count). The van der Waals surface area contributed by atoms with Crippen molar-refractivity contribution >= 4 is 10.9 Å². The fraction of sp³-hybridized carbons (Fsp3) is 0.118. The summed E-state index contributed by atoms with van der Waals surface area (Å²) in [6.07, 6.45) is 0. The number of rotatable bonds is 3. The van der Waals surface area contributed by atoms with Gasteiger partial charge in [0.25, 0.3) is 0 Å². The molecule has 3 nitrogen and oxygen atoms in total. The SMILES string of the molecule is Cc1nc2c(Oc3ccccc3)cccc2cc1CN. The van der Waals surface area contributed by atoms with Gasteiger partial charge in [-0.2, -0.15) is 0 Å². The number of nitrogens with zero attached hydrogens (tertiary/aromatic N) is 1. The molecule has 0 saturated carbocycles. The molecule has 100 valence electrons. The van der Waals surface area contributed by atoms with Crippen molar-refractivity contribution in [2.24, 2.45) is 5.73 Å². The lowest BCUT2D eigenvalue weighted by Gasteiger charge is -2.10. The molecule has 0 spiro atoms. The van der Waals surface area contributed by atoms with Crippen LogP contribution in [0, 0.1) is 6.92 Å². The molecule has 0 fully saturated rings. The second-order valence-electron chi connectivity index (χ2n) is 4.68. The summed E-state index contributed by atoms with van der Waals surface area (Å²) >= 11 is 0. The van der Waals surface area contributed by atoms with Gasteiger partial charge in [-0.25, -0.2) is 4.98 Å². The molecule has 0 radical (unpaired) electrons. The third kappa shape index (κ3) is 2.36. The van der Waals surface area contributed by atoms with Gasteiger partial charge in [0.2, 0.25) is 0 Å². The lowest BCUT2D eigenvalue weighted by Crippen LogP contribution is -2.01. The van der Waals surface area contributed by atoms with Crippen molar-refractivity contribution < 1.29 is 4.74 Å². The van der Waals surface area contributed by atoms with E-state index in [1.54, 1.807) is 0 Å². The van der Waals surface area contributed by atoms with Crippen molar-refractivity contribution in [1.29, 1.82) is 0 Å². The zero-order chi connectivity index (χ0) is 13.9. The summed E-state index contributed by atoms with van der Waals surface area (Å²) in [5.41, 5.74) is 8.61. The van der Waals surface area contributed by atoms with Crippen molar-refractivity contribution in [3.05, 3.63) is 65.9 Å². The third-order valence-corrected chi connectivity index (χ3v) is 3.30. The molecule has 1 aromatic heterocycles. The molecule has 0 atom stereocenters. The normalized spacial score (nSPS) is 10.7. The van der Waals surface area contributed by atoms with E-state index in [-0.39, 0.29) is 0 Å². The van der Waals surface area contributed by atoms with Crippen molar-refractivity contribution in [2.45, 2.75) is 13.5 Å². The van der Waals surface area contributed by atoms with E-state index in [1.807, 2.05) is 55.5 Å². The molecular formula is C17H16N2O. The summed E-state index contributed by atoms with van der Waals surface area (Å²) in [6, 6.07) is 17.7. The summed E-state index contributed by atoms with van der Waals surface area (Å²) in [7, 11) is 0. The zero-order valence-corrected chi connectivity index (χ0v) is 11.3. The maximum Gasteiger partial charge on any atom is 0.153 e. The fourth-order valence-electron chi connectivity index (χ4n) is 2.21. The highest BCUT2D eigenvalue weighted by Crippen LogP contribution is 2.29. The molecule has 0 unspecified atom stereocenters. The van der Waals surface area contributed by atoms with E-state index < -0.39 is 0 Å². The van der Waals surface area contributed by atoms with E-state index in [4.69, 9.17) is 10.5 Å². The van der Waals surface area contributed by atoms with Crippen LogP contribution in [-0.4, -0.2) is 4.98 Å². The predicted molar refractivity (Wildman–Crippen MR) is 80.9 cm³/mol. The van der Waals surface area contributed by atoms with Crippen LogP contribution in [0.1, 0.15) is 11.3 Å². The van der Waals surface area contributed by atoms with Crippen LogP contribution in [0.25, 0.3) is 10.9 Å². The van der Waals surface area contributed by atoms with E-state index in [2.05, 4.69) is 11.1 Å². The average Bonchev–Trinajstić information content (AvgIpc) is 2.48. The van der Waals surface area contributed by atoms with Crippen LogP contribution in [0.4, 0.5) is 0 Å². The first kappa shape index (κ1) is 12.6. The number of aromatic nitrogens is 1. The monoisotopic (exact) mass is 264 g/mol. The Balaban J connectivity index is 2.09. The van der Waals surface area contributed by atoms with Gasteiger partial charge in [-0.1, -0.05) is 30.3 Å². The molecule has 0 amide bonds. The second kappa shape index (κ2) is 5.31. The molecule has 1 heterocycles. The molecular weight excluding hydrogens is 248 g/mol. The van der Waals surface area contributed by atoms with E-state index in [0.717, 1.165) is 33.7 Å². The standard InChI is InChI=1S/C17H16N2O/c1-12-14(11-18)10-13-6-5-9-16(17(13)19-12)20-15-7-3-2-4-8-15/h2-10H,11,18H2,1H3. The maximum absolute atomic E-state index is 5.93. The molecule has 0 aliphatic carbocycles. The predicted octanol–water partition coefficient (Wildman–Crippen LogP) is 3.79. The second-order valence-corrected chi connectivity index (χ2v) is 4.68. The minimum atomic E-state index is 0.499. The summed E-state index contributed by atoms with van der Waals surface area (Å²) in [6.45, 7) is 2.47. The molecule has 2 aromatic carbocycles. The minimum Gasteiger partial charge on any atom is -0.455 e. The molecule has 2 N–H and O–H groups in total. The number of pyridine rings is 1. The van der Waals surface area contributed by atoms with Crippen LogP contribution < -0.4 is 10.5 Å². The minimum absolute atomic E-state index is 0.499. The first-order chi connectivity index (χ1) is 9.78. The number of benzene rings is 2. The number of hydrogen-bond acceptors (Lipinski definition) is 3. The number of aryl methyl sites for hydroxylation is 1. The van der Waals surface area contributed by atoms with E-state index in [0.29, 0.717) is 6.54 Å². The number of para-hydroxylation sites is 2. The van der Waals surface area contributed by atoms with E-state index in [9.17, 15) is 0 Å². The highest BCUT2D eigenvalue weighted by atomic mass is 16.5. The third-order valence-electron chi connectivity index (χ3n) is 3.30. The fourth-order valence-corrected chi connectivity index (χ4v) is 2.21. The average molecular weight is 264 g/mol. The van der Waals surface area contributed by atoms with E-state index >= 15 is 0 Å². The maximum atomic E-state index is 5.93. The Labute approximate surface area is 118 Å². The van der Waals surface area contributed by atoms with Gasteiger partial charge in [-0.05, 0) is 36.8 Å². The van der Waals surface area contributed by atoms with Gasteiger partial charge in [-0.3, -0.25) is 0 Å². The molecule has 3 aromatic rings. The molecule has 0 saturated heterocycles. The van der Waals surface area contributed by atoms with Gasteiger partial charge < -0.3 is 10.5 Å².